The molecule has 0 amide bonds. The van der Waals surface area contributed by atoms with Gasteiger partial charge in [0.1, 0.15) is 12.4 Å². The lowest BCUT2D eigenvalue weighted by atomic mass is 10.2. The highest BCUT2D eigenvalue weighted by atomic mass is 19.4. The lowest BCUT2D eigenvalue weighted by Gasteiger charge is -2.11. The Morgan fingerprint density at radius 2 is 2.12 bits per heavy atom. The van der Waals surface area contributed by atoms with Crippen LogP contribution in [0.3, 0.4) is 0 Å². The summed E-state index contributed by atoms with van der Waals surface area (Å²) in [6.45, 7) is -0.0997. The summed E-state index contributed by atoms with van der Waals surface area (Å²) in [5.74, 6) is -1.21. The summed E-state index contributed by atoms with van der Waals surface area (Å²) in [6.07, 6.45) is -5.15. The number of nitro groups is 1. The van der Waals surface area contributed by atoms with Crippen molar-refractivity contribution in [2.75, 3.05) is 0 Å². The highest BCUT2D eigenvalue weighted by Crippen LogP contribution is 2.35. The van der Waals surface area contributed by atoms with Crippen LogP contribution in [0.5, 0.6) is 5.75 Å². The van der Waals surface area contributed by atoms with Gasteiger partial charge in [0.2, 0.25) is 5.75 Å². The van der Waals surface area contributed by atoms with Crippen molar-refractivity contribution in [1.29, 1.82) is 0 Å². The van der Waals surface area contributed by atoms with E-state index < -0.39 is 35.1 Å². The number of pyridine rings is 1. The van der Waals surface area contributed by atoms with Crippen molar-refractivity contribution in [2.24, 2.45) is 0 Å². The zero-order valence-electron chi connectivity index (χ0n) is 8.42. The van der Waals surface area contributed by atoms with Crippen LogP contribution in [-0.2, 0) is 6.67 Å². The molecule has 0 saturated heterocycles. The Morgan fingerprint density at radius 3 is 2.53 bits per heavy atom. The first kappa shape index (κ1) is 13.1. The number of ether oxygens (including phenoxy) is 1. The van der Waals surface area contributed by atoms with E-state index in [4.69, 9.17) is 0 Å². The van der Waals surface area contributed by atoms with Gasteiger partial charge in [-0.15, -0.1) is 13.2 Å². The van der Waals surface area contributed by atoms with E-state index in [1.807, 2.05) is 0 Å². The van der Waals surface area contributed by atoms with Gasteiger partial charge in [0.15, 0.2) is 0 Å². The molecule has 0 spiro atoms. The van der Waals surface area contributed by atoms with E-state index in [2.05, 4.69) is 9.72 Å². The van der Waals surface area contributed by atoms with Gasteiger partial charge in [0, 0.05) is 11.8 Å². The molecule has 1 rings (SSSR count). The van der Waals surface area contributed by atoms with Gasteiger partial charge in [-0.2, -0.15) is 0 Å². The summed E-state index contributed by atoms with van der Waals surface area (Å²) < 4.78 is 51.9. The van der Waals surface area contributed by atoms with Gasteiger partial charge in [-0.1, -0.05) is 0 Å². The standard InChI is InChI=1S/C8H6F4N2O3/c1-4-2-6(14(15)16)7(5(3-9)13-4)17-8(10,11)12/h2H,3H2,1H3. The number of hydrogen-bond donors (Lipinski definition) is 0. The first-order valence-corrected chi connectivity index (χ1v) is 4.21. The Morgan fingerprint density at radius 1 is 1.53 bits per heavy atom. The molecule has 9 heteroatoms. The molecule has 0 N–H and O–H groups in total. The Balaban J connectivity index is 3.37. The third-order valence-corrected chi connectivity index (χ3v) is 1.69. The van der Waals surface area contributed by atoms with Gasteiger partial charge < -0.3 is 4.74 Å². The second-order valence-electron chi connectivity index (χ2n) is 3.00. The predicted octanol–water partition coefficient (Wildman–Crippen LogP) is 2.67. The van der Waals surface area contributed by atoms with Crippen molar-refractivity contribution in [1.82, 2.24) is 4.98 Å². The molecule has 0 aliphatic carbocycles. The van der Waals surface area contributed by atoms with Crippen LogP contribution in [-0.4, -0.2) is 16.3 Å². The Kier molecular flexibility index (Phi) is 3.49. The van der Waals surface area contributed by atoms with Crippen LogP contribution < -0.4 is 4.74 Å². The summed E-state index contributed by atoms with van der Waals surface area (Å²) in [7, 11) is 0. The van der Waals surface area contributed by atoms with Crippen LogP contribution >= 0.6 is 0 Å². The van der Waals surface area contributed by atoms with E-state index in [-0.39, 0.29) is 5.69 Å². The van der Waals surface area contributed by atoms with Gasteiger partial charge >= 0.3 is 12.0 Å². The van der Waals surface area contributed by atoms with E-state index in [1.165, 1.54) is 6.92 Å². The smallest absolute Gasteiger partial charge is 0.396 e. The molecule has 0 saturated carbocycles. The van der Waals surface area contributed by atoms with Crippen molar-refractivity contribution >= 4 is 5.69 Å². The number of nitrogens with zero attached hydrogens (tertiary/aromatic N) is 2. The number of aryl methyl sites for hydroxylation is 1. The summed E-state index contributed by atoms with van der Waals surface area (Å²) >= 11 is 0. The zero-order valence-corrected chi connectivity index (χ0v) is 8.42. The third kappa shape index (κ3) is 3.26. The van der Waals surface area contributed by atoms with Gasteiger partial charge in [-0.05, 0) is 6.92 Å². The summed E-state index contributed by atoms with van der Waals surface area (Å²) in [5.41, 5.74) is -1.70. The summed E-state index contributed by atoms with van der Waals surface area (Å²) in [4.78, 5) is 12.9. The van der Waals surface area contributed by atoms with Crippen LogP contribution in [0.4, 0.5) is 23.2 Å². The molecule has 0 radical (unpaired) electrons. The first-order valence-electron chi connectivity index (χ1n) is 4.21. The molecule has 0 aliphatic heterocycles. The molecule has 0 atom stereocenters. The third-order valence-electron chi connectivity index (χ3n) is 1.69. The van der Waals surface area contributed by atoms with Crippen molar-refractivity contribution < 1.29 is 27.2 Å². The molecule has 0 fully saturated rings. The van der Waals surface area contributed by atoms with E-state index in [9.17, 15) is 27.7 Å². The second-order valence-corrected chi connectivity index (χ2v) is 3.00. The van der Waals surface area contributed by atoms with E-state index >= 15 is 0 Å². The summed E-state index contributed by atoms with van der Waals surface area (Å²) in [6, 6.07) is 0.778. The lowest BCUT2D eigenvalue weighted by molar-refractivity contribution is -0.388. The second kappa shape index (κ2) is 4.52. The molecule has 0 unspecified atom stereocenters. The average molecular weight is 254 g/mol. The maximum atomic E-state index is 12.5. The Bertz CT molecular complexity index is 447. The molecule has 1 aromatic heterocycles. The minimum absolute atomic E-state index is 0.0267. The molecule has 1 heterocycles. The van der Waals surface area contributed by atoms with Crippen molar-refractivity contribution in [3.8, 4) is 5.75 Å². The van der Waals surface area contributed by atoms with Crippen LogP contribution in [0.1, 0.15) is 11.4 Å². The fourth-order valence-corrected chi connectivity index (χ4v) is 1.16. The van der Waals surface area contributed by atoms with Crippen molar-refractivity contribution in [3.63, 3.8) is 0 Å². The van der Waals surface area contributed by atoms with Gasteiger partial charge in [-0.25, -0.2) is 4.39 Å². The summed E-state index contributed by atoms with van der Waals surface area (Å²) in [5, 5.41) is 10.5. The van der Waals surface area contributed by atoms with Crippen LogP contribution in [0, 0.1) is 17.0 Å². The van der Waals surface area contributed by atoms with E-state index in [0.29, 0.717) is 0 Å². The largest absolute Gasteiger partial charge is 0.573 e. The lowest BCUT2D eigenvalue weighted by Crippen LogP contribution is -2.19. The Labute approximate surface area is 92.2 Å². The SMILES string of the molecule is Cc1cc([N+](=O)[O-])c(OC(F)(F)F)c(CF)n1. The fourth-order valence-electron chi connectivity index (χ4n) is 1.16. The van der Waals surface area contributed by atoms with Crippen LogP contribution in [0.25, 0.3) is 0 Å². The molecule has 0 bridgehead atoms. The van der Waals surface area contributed by atoms with Crippen LogP contribution in [0.15, 0.2) is 6.07 Å². The minimum Gasteiger partial charge on any atom is -0.396 e. The van der Waals surface area contributed by atoms with Crippen molar-refractivity contribution in [2.45, 2.75) is 20.0 Å². The molecule has 1 aromatic rings. The van der Waals surface area contributed by atoms with Gasteiger partial charge in [0.25, 0.3) is 0 Å². The molecule has 0 aliphatic rings. The monoisotopic (exact) mass is 254 g/mol. The maximum absolute atomic E-state index is 12.5. The maximum Gasteiger partial charge on any atom is 0.573 e. The fraction of sp³-hybridized carbons (Fsp3) is 0.375. The number of rotatable bonds is 3. The van der Waals surface area contributed by atoms with Gasteiger partial charge in [0.05, 0.1) is 4.92 Å². The number of hydrogen-bond acceptors (Lipinski definition) is 4. The number of halogens is 4. The zero-order chi connectivity index (χ0) is 13.2. The number of alkyl halides is 4. The van der Waals surface area contributed by atoms with Crippen molar-refractivity contribution in [3.05, 3.63) is 27.6 Å². The van der Waals surface area contributed by atoms with Gasteiger partial charge in [-0.3, -0.25) is 15.1 Å². The molecule has 5 nitrogen and oxygen atoms in total. The van der Waals surface area contributed by atoms with E-state index in [0.717, 1.165) is 6.07 Å². The Hall–Kier alpha value is -1.93. The molecular formula is C8H6F4N2O3. The first-order chi connectivity index (χ1) is 7.74. The highest BCUT2D eigenvalue weighted by Gasteiger charge is 2.36. The van der Waals surface area contributed by atoms with Crippen LogP contribution in [0.2, 0.25) is 0 Å². The minimum atomic E-state index is -5.15. The van der Waals surface area contributed by atoms with E-state index in [1.54, 1.807) is 0 Å². The molecule has 0 aromatic carbocycles. The molecular weight excluding hydrogens is 248 g/mol. The normalized spacial score (nSPS) is 11.4. The average Bonchev–Trinajstić information content (AvgIpc) is 2.17. The quantitative estimate of drug-likeness (QED) is 0.472. The number of aromatic nitrogens is 1. The topological polar surface area (TPSA) is 65.3 Å². The predicted molar refractivity (Wildman–Crippen MR) is 47.1 cm³/mol. The molecule has 94 valence electrons. The molecule has 17 heavy (non-hydrogen) atoms. The highest BCUT2D eigenvalue weighted by molar-refractivity contribution is 5.50.